The van der Waals surface area contributed by atoms with Gasteiger partial charge in [0.05, 0.1) is 19.6 Å². The van der Waals surface area contributed by atoms with Crippen LogP contribution in [0.3, 0.4) is 0 Å². The number of ether oxygens (including phenoxy) is 1. The van der Waals surface area contributed by atoms with Gasteiger partial charge in [0.1, 0.15) is 5.82 Å². The number of likely N-dealkylation sites (N-methyl/N-ethyl adjacent to an activating group) is 1. The van der Waals surface area contributed by atoms with Crippen LogP contribution in [-0.4, -0.2) is 44.0 Å². The fourth-order valence-corrected chi connectivity index (χ4v) is 1.94. The highest BCUT2D eigenvalue weighted by molar-refractivity contribution is 5.78. The zero-order valence-electron chi connectivity index (χ0n) is 12.6. The molecule has 116 valence electrons. The van der Waals surface area contributed by atoms with E-state index in [4.69, 9.17) is 0 Å². The number of carbonyl (C=O) groups excluding carboxylic acids is 2. The van der Waals surface area contributed by atoms with Gasteiger partial charge in [-0.3, -0.25) is 14.5 Å². The van der Waals surface area contributed by atoms with Gasteiger partial charge in [-0.2, -0.15) is 0 Å². The van der Waals surface area contributed by atoms with Gasteiger partial charge in [-0.05, 0) is 13.1 Å². The van der Waals surface area contributed by atoms with Crippen molar-refractivity contribution < 1.29 is 18.7 Å². The van der Waals surface area contributed by atoms with E-state index in [0.717, 1.165) is 0 Å². The molecule has 1 unspecified atom stereocenters. The molecule has 1 aromatic carbocycles. The van der Waals surface area contributed by atoms with E-state index >= 15 is 0 Å². The average Bonchev–Trinajstić information content (AvgIpc) is 2.45. The maximum Gasteiger partial charge on any atom is 0.309 e. The molecule has 0 aliphatic carbocycles. The van der Waals surface area contributed by atoms with Gasteiger partial charge in [0.25, 0.3) is 0 Å². The monoisotopic (exact) mass is 296 g/mol. The fourth-order valence-electron chi connectivity index (χ4n) is 1.94. The number of hydrogen-bond donors (Lipinski definition) is 1. The van der Waals surface area contributed by atoms with Crippen LogP contribution in [0.25, 0.3) is 0 Å². The number of carbonyl (C=O) groups is 2. The largest absolute Gasteiger partial charge is 0.469 e. The second kappa shape index (κ2) is 8.36. The topological polar surface area (TPSA) is 58.6 Å². The first-order chi connectivity index (χ1) is 9.93. The molecule has 1 rings (SSSR count). The number of halogens is 1. The maximum absolute atomic E-state index is 13.4. The summed E-state index contributed by atoms with van der Waals surface area (Å²) >= 11 is 0. The number of nitrogens with one attached hydrogen (secondary N) is 1. The lowest BCUT2D eigenvalue weighted by atomic mass is 10.2. The molecule has 0 aliphatic rings. The zero-order valence-corrected chi connectivity index (χ0v) is 12.6. The summed E-state index contributed by atoms with van der Waals surface area (Å²) < 4.78 is 18.0. The van der Waals surface area contributed by atoms with Crippen molar-refractivity contribution >= 4 is 11.9 Å². The van der Waals surface area contributed by atoms with Crippen LogP contribution in [0, 0.1) is 11.7 Å². The van der Waals surface area contributed by atoms with Gasteiger partial charge in [0, 0.05) is 18.7 Å². The lowest BCUT2D eigenvalue weighted by Gasteiger charge is -2.19. The van der Waals surface area contributed by atoms with Gasteiger partial charge in [-0.15, -0.1) is 0 Å². The van der Waals surface area contributed by atoms with E-state index in [2.05, 4.69) is 10.1 Å². The van der Waals surface area contributed by atoms with E-state index in [1.807, 2.05) is 0 Å². The third-order valence-electron chi connectivity index (χ3n) is 3.04. The highest BCUT2D eigenvalue weighted by atomic mass is 19.1. The van der Waals surface area contributed by atoms with Gasteiger partial charge in [-0.25, -0.2) is 4.39 Å². The van der Waals surface area contributed by atoms with Crippen molar-refractivity contribution in [2.24, 2.45) is 5.92 Å². The van der Waals surface area contributed by atoms with E-state index in [0.29, 0.717) is 12.1 Å². The summed E-state index contributed by atoms with van der Waals surface area (Å²) in [5, 5.41) is 2.65. The first-order valence-corrected chi connectivity index (χ1v) is 6.70. The predicted octanol–water partition coefficient (Wildman–Crippen LogP) is 1.18. The van der Waals surface area contributed by atoms with Crippen LogP contribution in [0.15, 0.2) is 24.3 Å². The second-order valence-corrected chi connectivity index (χ2v) is 4.99. The highest BCUT2D eigenvalue weighted by Gasteiger charge is 2.17. The van der Waals surface area contributed by atoms with E-state index in [9.17, 15) is 14.0 Å². The minimum Gasteiger partial charge on any atom is -0.469 e. The van der Waals surface area contributed by atoms with E-state index in [1.54, 1.807) is 37.1 Å². The van der Waals surface area contributed by atoms with Crippen LogP contribution >= 0.6 is 0 Å². The van der Waals surface area contributed by atoms with E-state index < -0.39 is 0 Å². The highest BCUT2D eigenvalue weighted by Crippen LogP contribution is 2.05. The van der Waals surface area contributed by atoms with Crippen LogP contribution in [0.5, 0.6) is 0 Å². The first-order valence-electron chi connectivity index (χ1n) is 6.70. The Morgan fingerprint density at radius 1 is 1.38 bits per heavy atom. The Bertz CT molecular complexity index is 494. The SMILES string of the molecule is COC(=O)C(C)CN(C)CC(=O)NCc1ccccc1F. The van der Waals surface area contributed by atoms with Gasteiger partial charge < -0.3 is 10.1 Å². The molecule has 1 aromatic rings. The Morgan fingerprint density at radius 3 is 2.67 bits per heavy atom. The molecular weight excluding hydrogens is 275 g/mol. The first kappa shape index (κ1) is 17.1. The Hall–Kier alpha value is -1.95. The average molecular weight is 296 g/mol. The molecule has 0 saturated heterocycles. The number of rotatable bonds is 7. The molecule has 6 heteroatoms. The van der Waals surface area contributed by atoms with Crippen LogP contribution in [0.1, 0.15) is 12.5 Å². The van der Waals surface area contributed by atoms with Gasteiger partial charge in [0.2, 0.25) is 5.91 Å². The molecule has 0 radical (unpaired) electrons. The van der Waals surface area contributed by atoms with Crippen LogP contribution in [-0.2, 0) is 20.9 Å². The van der Waals surface area contributed by atoms with E-state index in [1.165, 1.54) is 13.2 Å². The Labute approximate surface area is 124 Å². The number of hydrogen-bond acceptors (Lipinski definition) is 4. The summed E-state index contributed by atoms with van der Waals surface area (Å²) in [6.45, 7) is 2.43. The Kier molecular flexibility index (Phi) is 6.81. The molecule has 5 nitrogen and oxygen atoms in total. The summed E-state index contributed by atoms with van der Waals surface area (Å²) in [7, 11) is 3.07. The summed E-state index contributed by atoms with van der Waals surface area (Å²) in [6.07, 6.45) is 0. The third kappa shape index (κ3) is 5.91. The van der Waals surface area contributed by atoms with Gasteiger partial charge >= 0.3 is 5.97 Å². The number of nitrogens with zero attached hydrogens (tertiary/aromatic N) is 1. The molecule has 1 N–H and O–H groups in total. The third-order valence-corrected chi connectivity index (χ3v) is 3.04. The maximum atomic E-state index is 13.4. The lowest BCUT2D eigenvalue weighted by molar-refractivity contribution is -0.145. The number of methoxy groups -OCH3 is 1. The molecule has 0 fully saturated rings. The molecule has 0 saturated carbocycles. The van der Waals surface area contributed by atoms with Crippen molar-refractivity contribution in [1.29, 1.82) is 0 Å². The second-order valence-electron chi connectivity index (χ2n) is 4.99. The summed E-state index contributed by atoms with van der Waals surface area (Å²) in [5.41, 5.74) is 0.441. The minimum atomic E-state index is -0.342. The van der Waals surface area contributed by atoms with Crippen LogP contribution < -0.4 is 5.32 Å². The molecule has 0 heterocycles. The Morgan fingerprint density at radius 2 is 2.05 bits per heavy atom. The number of esters is 1. The van der Waals surface area contributed by atoms with Crippen LogP contribution in [0.4, 0.5) is 4.39 Å². The van der Waals surface area contributed by atoms with Gasteiger partial charge in [-0.1, -0.05) is 25.1 Å². The van der Waals surface area contributed by atoms with Crippen molar-refractivity contribution in [3.8, 4) is 0 Å². The molecule has 21 heavy (non-hydrogen) atoms. The normalized spacial score (nSPS) is 12.0. The van der Waals surface area contributed by atoms with Crippen molar-refractivity contribution in [3.05, 3.63) is 35.6 Å². The molecular formula is C15H21FN2O3. The standard InChI is InChI=1S/C15H21FN2O3/c1-11(15(20)21-3)9-18(2)10-14(19)17-8-12-6-4-5-7-13(12)16/h4-7,11H,8-10H2,1-3H3,(H,17,19). The fraction of sp³-hybridized carbons (Fsp3) is 0.467. The van der Waals surface area contributed by atoms with Crippen molar-refractivity contribution in [2.75, 3.05) is 27.2 Å². The molecule has 1 atom stereocenters. The summed E-state index contributed by atoms with van der Waals surface area (Å²) in [6, 6.07) is 6.29. The Balaban J connectivity index is 2.36. The molecule has 0 aromatic heterocycles. The molecule has 0 aliphatic heterocycles. The number of amides is 1. The smallest absolute Gasteiger partial charge is 0.309 e. The van der Waals surface area contributed by atoms with Crippen LogP contribution in [0.2, 0.25) is 0 Å². The van der Waals surface area contributed by atoms with Crippen molar-refractivity contribution in [1.82, 2.24) is 10.2 Å². The van der Waals surface area contributed by atoms with E-state index in [-0.39, 0.29) is 36.7 Å². The zero-order chi connectivity index (χ0) is 15.8. The molecule has 0 bridgehead atoms. The lowest BCUT2D eigenvalue weighted by Crippen LogP contribution is -2.38. The van der Waals surface area contributed by atoms with Crippen molar-refractivity contribution in [2.45, 2.75) is 13.5 Å². The molecule has 0 spiro atoms. The predicted molar refractivity (Wildman–Crippen MR) is 76.9 cm³/mol. The molecule has 1 amide bonds. The number of benzene rings is 1. The van der Waals surface area contributed by atoms with Gasteiger partial charge in [0.15, 0.2) is 0 Å². The minimum absolute atomic E-state index is 0.135. The summed E-state index contributed by atoms with van der Waals surface area (Å²) in [4.78, 5) is 24.8. The van der Waals surface area contributed by atoms with Crippen molar-refractivity contribution in [3.63, 3.8) is 0 Å². The quantitative estimate of drug-likeness (QED) is 0.768. The summed E-state index contributed by atoms with van der Waals surface area (Å²) in [5.74, 6) is -1.18.